The minimum absolute atomic E-state index is 0.0595. The van der Waals surface area contributed by atoms with Gasteiger partial charge in [-0.3, -0.25) is 4.79 Å². The Hall–Kier alpha value is -2.80. The van der Waals surface area contributed by atoms with Gasteiger partial charge in [0.1, 0.15) is 5.75 Å². The highest BCUT2D eigenvalue weighted by Gasteiger charge is 2.27. The van der Waals surface area contributed by atoms with Gasteiger partial charge in [0.15, 0.2) is 17.0 Å². The second-order valence-corrected chi connectivity index (χ2v) is 6.91. The van der Waals surface area contributed by atoms with Crippen molar-refractivity contribution in [2.24, 2.45) is 0 Å². The third kappa shape index (κ3) is 3.88. The minimum atomic E-state index is -0.302. The molecule has 0 bridgehead atoms. The molecule has 136 valence electrons. The molecular weight excluding hydrogens is 352 g/mol. The Labute approximate surface area is 156 Å². The zero-order valence-corrected chi connectivity index (χ0v) is 15.5. The van der Waals surface area contributed by atoms with E-state index < -0.39 is 0 Å². The number of phenols is 1. The summed E-state index contributed by atoms with van der Waals surface area (Å²) >= 11 is 1.38. The highest BCUT2D eigenvalue weighted by Crippen LogP contribution is 2.34. The summed E-state index contributed by atoms with van der Waals surface area (Å²) in [7, 11) is 3.10. The van der Waals surface area contributed by atoms with Gasteiger partial charge in [-0.2, -0.15) is 0 Å². The number of rotatable bonds is 5. The summed E-state index contributed by atoms with van der Waals surface area (Å²) in [5.74, 6) is 0.975. The molecule has 6 nitrogen and oxygen atoms in total. The van der Waals surface area contributed by atoms with E-state index in [4.69, 9.17) is 9.47 Å². The molecule has 0 saturated carbocycles. The van der Waals surface area contributed by atoms with Crippen molar-refractivity contribution in [2.75, 3.05) is 19.5 Å². The molecule has 7 heteroatoms. The lowest BCUT2D eigenvalue weighted by molar-refractivity contribution is -0.116. The summed E-state index contributed by atoms with van der Waals surface area (Å²) < 4.78 is 10.5. The van der Waals surface area contributed by atoms with Crippen molar-refractivity contribution >= 4 is 29.4 Å². The molecule has 1 atom stereocenters. The Bertz CT molecular complexity index is 867. The van der Waals surface area contributed by atoms with E-state index in [9.17, 15) is 9.90 Å². The largest absolute Gasteiger partial charge is 0.504 e. The number of hydrogen-bond acceptors (Lipinski definition) is 6. The fraction of sp³-hybridized carbons (Fsp3) is 0.211. The first-order valence-electron chi connectivity index (χ1n) is 7.97. The Morgan fingerprint density at radius 1 is 1.15 bits per heavy atom. The summed E-state index contributed by atoms with van der Waals surface area (Å²) in [4.78, 5) is 12.8. The molecule has 1 aliphatic rings. The molecule has 2 aromatic carbocycles. The van der Waals surface area contributed by atoms with Gasteiger partial charge in [0.25, 0.3) is 5.91 Å². The molecule has 1 saturated heterocycles. The van der Waals surface area contributed by atoms with Crippen molar-refractivity contribution < 1.29 is 19.4 Å². The molecule has 1 amide bonds. The van der Waals surface area contributed by atoms with Crippen molar-refractivity contribution in [1.29, 1.82) is 0 Å². The predicted octanol–water partition coefficient (Wildman–Crippen LogP) is 3.32. The van der Waals surface area contributed by atoms with E-state index in [-0.39, 0.29) is 17.2 Å². The first kappa shape index (κ1) is 18.0. The van der Waals surface area contributed by atoms with Crippen LogP contribution in [0.5, 0.6) is 17.2 Å². The van der Waals surface area contributed by atoms with Crippen LogP contribution in [0, 0.1) is 6.92 Å². The van der Waals surface area contributed by atoms with E-state index in [1.165, 1.54) is 24.9 Å². The van der Waals surface area contributed by atoms with Crippen LogP contribution >= 0.6 is 11.8 Å². The number of amides is 1. The highest BCUT2D eigenvalue weighted by molar-refractivity contribution is 8.05. The minimum Gasteiger partial charge on any atom is -0.504 e. The van der Waals surface area contributed by atoms with E-state index in [1.807, 2.05) is 25.1 Å². The number of carbonyl (C=O) groups excluding carboxylic acids is 1. The number of ether oxygens (including phenoxy) is 2. The second-order valence-electron chi connectivity index (χ2n) is 5.76. The standard InChI is InChI=1S/C19H20N2O4S/c1-11-4-7-15(24-2)13(8-11)20-19-21-18(23)17(26-19)10-12-5-6-14(22)16(9-12)25-3/h4-10,19-20,22H,1-3H3,(H,21,23)/b17-10-. The molecule has 0 aliphatic carbocycles. The van der Waals surface area contributed by atoms with Gasteiger partial charge in [-0.1, -0.05) is 23.9 Å². The molecule has 0 aromatic heterocycles. The monoisotopic (exact) mass is 372 g/mol. The lowest BCUT2D eigenvalue weighted by Gasteiger charge is -2.16. The van der Waals surface area contributed by atoms with Gasteiger partial charge in [-0.25, -0.2) is 0 Å². The maximum Gasteiger partial charge on any atom is 0.260 e. The van der Waals surface area contributed by atoms with Crippen molar-refractivity contribution in [2.45, 2.75) is 12.4 Å². The molecule has 3 rings (SSSR count). The van der Waals surface area contributed by atoms with Crippen LogP contribution in [0.25, 0.3) is 6.08 Å². The van der Waals surface area contributed by atoms with Crippen LogP contribution in [-0.4, -0.2) is 30.7 Å². The number of phenolic OH excluding ortho intramolecular Hbond substituents is 1. The van der Waals surface area contributed by atoms with E-state index in [0.717, 1.165) is 16.8 Å². The molecule has 1 aliphatic heterocycles. The zero-order chi connectivity index (χ0) is 18.7. The van der Waals surface area contributed by atoms with Crippen molar-refractivity contribution in [3.05, 3.63) is 52.4 Å². The molecule has 26 heavy (non-hydrogen) atoms. The van der Waals surface area contributed by atoms with E-state index >= 15 is 0 Å². The normalized spacial score (nSPS) is 17.9. The average molecular weight is 372 g/mol. The summed E-state index contributed by atoms with van der Waals surface area (Å²) in [6.07, 6.45) is 1.76. The van der Waals surface area contributed by atoms with E-state index in [2.05, 4.69) is 10.6 Å². The molecule has 1 heterocycles. The van der Waals surface area contributed by atoms with Gasteiger partial charge in [-0.05, 0) is 48.4 Å². The number of benzene rings is 2. The smallest absolute Gasteiger partial charge is 0.260 e. The van der Waals surface area contributed by atoms with Crippen LogP contribution in [0.4, 0.5) is 5.69 Å². The van der Waals surface area contributed by atoms with Gasteiger partial charge in [0.2, 0.25) is 0 Å². The number of aryl methyl sites for hydroxylation is 1. The molecule has 3 N–H and O–H groups in total. The predicted molar refractivity (Wildman–Crippen MR) is 104 cm³/mol. The molecule has 0 spiro atoms. The van der Waals surface area contributed by atoms with Crippen LogP contribution in [0.1, 0.15) is 11.1 Å². The topological polar surface area (TPSA) is 79.8 Å². The van der Waals surface area contributed by atoms with Gasteiger partial charge in [0, 0.05) is 0 Å². The number of hydrogen-bond donors (Lipinski definition) is 3. The van der Waals surface area contributed by atoms with Crippen molar-refractivity contribution in [1.82, 2.24) is 5.32 Å². The van der Waals surface area contributed by atoms with Crippen LogP contribution in [0.2, 0.25) is 0 Å². The number of methoxy groups -OCH3 is 2. The molecular formula is C19H20N2O4S. The SMILES string of the molecule is COc1cc(/C=C2\SC(Nc3cc(C)ccc3OC)NC2=O)ccc1O. The number of carbonyl (C=O) groups is 1. The van der Waals surface area contributed by atoms with Gasteiger partial charge >= 0.3 is 0 Å². The summed E-state index contributed by atoms with van der Waals surface area (Å²) in [6.45, 7) is 1.99. The molecule has 0 radical (unpaired) electrons. The summed E-state index contributed by atoms with van der Waals surface area (Å²) in [6, 6.07) is 10.8. The average Bonchev–Trinajstić information content (AvgIpc) is 2.96. The summed E-state index contributed by atoms with van der Waals surface area (Å²) in [5, 5.41) is 15.8. The Morgan fingerprint density at radius 3 is 2.65 bits per heavy atom. The van der Waals surface area contributed by atoms with Crippen LogP contribution < -0.4 is 20.1 Å². The maximum atomic E-state index is 12.3. The summed E-state index contributed by atoms with van der Waals surface area (Å²) in [5.41, 5.74) is 2.38. The number of anilines is 1. The van der Waals surface area contributed by atoms with Crippen LogP contribution in [-0.2, 0) is 4.79 Å². The molecule has 1 fully saturated rings. The number of aromatic hydroxyl groups is 1. The molecule has 2 aromatic rings. The second kappa shape index (κ2) is 7.61. The van der Waals surface area contributed by atoms with E-state index in [0.29, 0.717) is 16.4 Å². The Balaban J connectivity index is 1.78. The van der Waals surface area contributed by atoms with E-state index in [1.54, 1.807) is 25.3 Å². The third-order valence-electron chi connectivity index (χ3n) is 3.87. The van der Waals surface area contributed by atoms with Crippen molar-refractivity contribution in [3.63, 3.8) is 0 Å². The lowest BCUT2D eigenvalue weighted by Crippen LogP contribution is -2.31. The van der Waals surface area contributed by atoms with Crippen molar-refractivity contribution in [3.8, 4) is 17.2 Å². The van der Waals surface area contributed by atoms with Crippen LogP contribution in [0.15, 0.2) is 41.3 Å². The van der Waals surface area contributed by atoms with Gasteiger partial charge in [0.05, 0.1) is 24.8 Å². The Morgan fingerprint density at radius 2 is 1.92 bits per heavy atom. The fourth-order valence-electron chi connectivity index (χ4n) is 2.58. The maximum absolute atomic E-state index is 12.3. The van der Waals surface area contributed by atoms with Gasteiger partial charge in [-0.15, -0.1) is 0 Å². The van der Waals surface area contributed by atoms with Crippen LogP contribution in [0.3, 0.4) is 0 Å². The number of nitrogens with one attached hydrogen (secondary N) is 2. The third-order valence-corrected chi connectivity index (χ3v) is 4.90. The molecule has 1 unspecified atom stereocenters. The number of thioether (sulfide) groups is 1. The lowest BCUT2D eigenvalue weighted by atomic mass is 10.2. The zero-order valence-electron chi connectivity index (χ0n) is 14.7. The quantitative estimate of drug-likeness (QED) is 0.699. The highest BCUT2D eigenvalue weighted by atomic mass is 32.2. The van der Waals surface area contributed by atoms with Gasteiger partial charge < -0.3 is 25.2 Å². The first-order valence-corrected chi connectivity index (χ1v) is 8.85. The fourth-order valence-corrected chi connectivity index (χ4v) is 3.55. The Kier molecular flexibility index (Phi) is 5.27. The first-order chi connectivity index (χ1) is 12.5.